The molecule has 3 heterocycles. The molecule has 156 valence electrons. The lowest BCUT2D eigenvalue weighted by molar-refractivity contribution is 0.0593. The second-order valence-electron chi connectivity index (χ2n) is 8.23. The fourth-order valence-electron chi connectivity index (χ4n) is 4.57. The van der Waals surface area contributed by atoms with E-state index in [0.717, 1.165) is 58.4 Å². The van der Waals surface area contributed by atoms with Crippen molar-refractivity contribution in [3.63, 3.8) is 0 Å². The molecule has 5 nitrogen and oxygen atoms in total. The van der Waals surface area contributed by atoms with Gasteiger partial charge in [-0.1, -0.05) is 6.42 Å². The SMILES string of the molecule is COc1ccc(-c2nc(C)c(C(=O)N3CCC(N4CCCCC4)CC3)s2)c(C)c1. The van der Waals surface area contributed by atoms with Crippen LogP contribution in [-0.2, 0) is 0 Å². The van der Waals surface area contributed by atoms with Crippen molar-refractivity contribution in [2.75, 3.05) is 33.3 Å². The number of amides is 1. The Labute approximate surface area is 177 Å². The summed E-state index contributed by atoms with van der Waals surface area (Å²) in [5.74, 6) is 0.988. The summed E-state index contributed by atoms with van der Waals surface area (Å²) >= 11 is 1.52. The highest BCUT2D eigenvalue weighted by atomic mass is 32.1. The fourth-order valence-corrected chi connectivity index (χ4v) is 5.70. The Bertz CT molecular complexity index is 865. The molecule has 29 heavy (non-hydrogen) atoms. The summed E-state index contributed by atoms with van der Waals surface area (Å²) in [5.41, 5.74) is 3.02. The van der Waals surface area contributed by atoms with Crippen molar-refractivity contribution in [1.29, 1.82) is 0 Å². The second kappa shape index (κ2) is 8.84. The highest BCUT2D eigenvalue weighted by molar-refractivity contribution is 7.17. The number of benzene rings is 1. The predicted octanol–water partition coefficient (Wildman–Crippen LogP) is 4.53. The van der Waals surface area contributed by atoms with Crippen LogP contribution in [0.1, 0.15) is 53.0 Å². The van der Waals surface area contributed by atoms with Gasteiger partial charge in [0.05, 0.1) is 12.8 Å². The lowest BCUT2D eigenvalue weighted by Gasteiger charge is -2.40. The van der Waals surface area contributed by atoms with Gasteiger partial charge in [0.1, 0.15) is 15.6 Å². The van der Waals surface area contributed by atoms with Crippen LogP contribution in [0.4, 0.5) is 0 Å². The van der Waals surface area contributed by atoms with Crippen LogP contribution in [0.15, 0.2) is 18.2 Å². The molecule has 0 N–H and O–H groups in total. The Hall–Kier alpha value is -1.92. The average Bonchev–Trinajstić information content (AvgIpc) is 3.15. The third kappa shape index (κ3) is 4.33. The van der Waals surface area contributed by atoms with E-state index in [4.69, 9.17) is 9.72 Å². The van der Waals surface area contributed by atoms with Crippen molar-refractivity contribution in [2.24, 2.45) is 0 Å². The van der Waals surface area contributed by atoms with Gasteiger partial charge in [-0.25, -0.2) is 4.98 Å². The van der Waals surface area contributed by atoms with Gasteiger partial charge in [-0.05, 0) is 76.4 Å². The summed E-state index contributed by atoms with van der Waals surface area (Å²) in [6.07, 6.45) is 6.20. The number of ether oxygens (including phenoxy) is 1. The van der Waals surface area contributed by atoms with Crippen LogP contribution in [0.2, 0.25) is 0 Å². The van der Waals surface area contributed by atoms with Crippen molar-refractivity contribution in [3.8, 4) is 16.3 Å². The van der Waals surface area contributed by atoms with E-state index in [2.05, 4.69) is 11.8 Å². The number of thiazole rings is 1. The Morgan fingerprint density at radius 2 is 1.83 bits per heavy atom. The second-order valence-corrected chi connectivity index (χ2v) is 9.23. The molecule has 1 amide bonds. The molecule has 1 aromatic carbocycles. The van der Waals surface area contributed by atoms with Crippen molar-refractivity contribution in [2.45, 2.75) is 52.0 Å². The molecule has 2 aliphatic rings. The quantitative estimate of drug-likeness (QED) is 0.739. The molecule has 4 rings (SSSR count). The number of rotatable bonds is 4. The van der Waals surface area contributed by atoms with E-state index < -0.39 is 0 Å². The zero-order valence-electron chi connectivity index (χ0n) is 17.7. The van der Waals surface area contributed by atoms with Crippen molar-refractivity contribution in [3.05, 3.63) is 34.3 Å². The Morgan fingerprint density at radius 1 is 1.10 bits per heavy atom. The number of aromatic nitrogens is 1. The first kappa shape index (κ1) is 20.4. The van der Waals surface area contributed by atoms with E-state index in [1.54, 1.807) is 7.11 Å². The molecule has 2 aliphatic heterocycles. The Balaban J connectivity index is 1.44. The Morgan fingerprint density at radius 3 is 2.48 bits per heavy atom. The number of likely N-dealkylation sites (tertiary alicyclic amines) is 2. The summed E-state index contributed by atoms with van der Waals surface area (Å²) in [6, 6.07) is 6.65. The minimum Gasteiger partial charge on any atom is -0.497 e. The maximum absolute atomic E-state index is 13.2. The van der Waals surface area contributed by atoms with E-state index in [0.29, 0.717) is 6.04 Å². The van der Waals surface area contributed by atoms with Crippen LogP contribution in [0.5, 0.6) is 5.75 Å². The van der Waals surface area contributed by atoms with Gasteiger partial charge >= 0.3 is 0 Å². The van der Waals surface area contributed by atoms with Crippen LogP contribution in [0.25, 0.3) is 10.6 Å². The van der Waals surface area contributed by atoms with Crippen LogP contribution in [0, 0.1) is 13.8 Å². The molecule has 6 heteroatoms. The molecule has 1 aromatic heterocycles. The van der Waals surface area contributed by atoms with Crippen molar-refractivity contribution < 1.29 is 9.53 Å². The highest BCUT2D eigenvalue weighted by Gasteiger charge is 2.29. The van der Waals surface area contributed by atoms with Gasteiger partial charge in [0, 0.05) is 24.7 Å². The van der Waals surface area contributed by atoms with Crippen LogP contribution < -0.4 is 4.74 Å². The fraction of sp³-hybridized carbons (Fsp3) is 0.565. The third-order valence-corrected chi connectivity index (χ3v) is 7.49. The number of hydrogen-bond acceptors (Lipinski definition) is 5. The number of methoxy groups -OCH3 is 1. The maximum atomic E-state index is 13.2. The van der Waals surface area contributed by atoms with Gasteiger partial charge in [-0.15, -0.1) is 11.3 Å². The van der Waals surface area contributed by atoms with Crippen molar-refractivity contribution in [1.82, 2.24) is 14.8 Å². The molecule has 0 radical (unpaired) electrons. The van der Waals surface area contributed by atoms with Gasteiger partial charge in [-0.3, -0.25) is 4.79 Å². The van der Waals surface area contributed by atoms with E-state index >= 15 is 0 Å². The molecule has 0 atom stereocenters. The summed E-state index contributed by atoms with van der Waals surface area (Å²) in [7, 11) is 1.67. The zero-order valence-corrected chi connectivity index (χ0v) is 18.6. The first-order chi connectivity index (χ1) is 14.1. The topological polar surface area (TPSA) is 45.7 Å². The highest BCUT2D eigenvalue weighted by Crippen LogP contribution is 2.33. The molecule has 0 bridgehead atoms. The number of carbonyl (C=O) groups is 1. The molecule has 0 saturated carbocycles. The van der Waals surface area contributed by atoms with Gasteiger partial charge in [0.15, 0.2) is 0 Å². The predicted molar refractivity (Wildman–Crippen MR) is 118 cm³/mol. The van der Waals surface area contributed by atoms with Crippen LogP contribution >= 0.6 is 11.3 Å². The molecule has 0 aliphatic carbocycles. The molecule has 2 saturated heterocycles. The number of aryl methyl sites for hydroxylation is 2. The Kier molecular flexibility index (Phi) is 6.20. The van der Waals surface area contributed by atoms with Crippen molar-refractivity contribution >= 4 is 17.2 Å². The lowest BCUT2D eigenvalue weighted by atomic mass is 10.00. The maximum Gasteiger partial charge on any atom is 0.265 e. The van der Waals surface area contributed by atoms with E-state index in [1.165, 1.54) is 43.7 Å². The summed E-state index contributed by atoms with van der Waals surface area (Å²) in [4.78, 5) is 23.4. The van der Waals surface area contributed by atoms with Gasteiger partial charge in [-0.2, -0.15) is 0 Å². The summed E-state index contributed by atoms with van der Waals surface area (Å²) in [5, 5.41) is 0.911. The number of piperidine rings is 2. The third-order valence-electron chi connectivity index (χ3n) is 6.31. The van der Waals surface area contributed by atoms with Crippen LogP contribution in [0.3, 0.4) is 0 Å². The van der Waals surface area contributed by atoms with E-state index in [-0.39, 0.29) is 5.91 Å². The molecule has 0 unspecified atom stereocenters. The standard InChI is InChI=1S/C23H31N3O2S/c1-16-15-19(28-3)7-8-20(16)22-24-17(2)21(29-22)23(27)26-13-9-18(10-14-26)25-11-5-4-6-12-25/h7-8,15,18H,4-6,9-14H2,1-3H3. The smallest absolute Gasteiger partial charge is 0.265 e. The minimum absolute atomic E-state index is 0.148. The number of nitrogens with zero attached hydrogens (tertiary/aromatic N) is 3. The van der Waals surface area contributed by atoms with Gasteiger partial charge in [0.25, 0.3) is 5.91 Å². The largest absolute Gasteiger partial charge is 0.497 e. The first-order valence-electron chi connectivity index (χ1n) is 10.7. The molecular formula is C23H31N3O2S. The molecule has 2 fully saturated rings. The molecular weight excluding hydrogens is 382 g/mol. The van der Waals surface area contributed by atoms with Gasteiger partial charge in [0.2, 0.25) is 0 Å². The van der Waals surface area contributed by atoms with E-state index in [1.807, 2.05) is 30.0 Å². The normalized spacial score (nSPS) is 18.8. The van der Waals surface area contributed by atoms with Crippen LogP contribution in [-0.4, -0.2) is 60.0 Å². The zero-order chi connectivity index (χ0) is 20.4. The lowest BCUT2D eigenvalue weighted by Crippen LogP contribution is -2.48. The number of carbonyl (C=O) groups excluding carboxylic acids is 1. The number of hydrogen-bond donors (Lipinski definition) is 0. The average molecular weight is 414 g/mol. The summed E-state index contributed by atoms with van der Waals surface area (Å²) in [6.45, 7) is 8.19. The van der Waals surface area contributed by atoms with E-state index in [9.17, 15) is 4.79 Å². The minimum atomic E-state index is 0.148. The van der Waals surface area contributed by atoms with Gasteiger partial charge < -0.3 is 14.5 Å². The summed E-state index contributed by atoms with van der Waals surface area (Å²) < 4.78 is 5.30. The first-order valence-corrected chi connectivity index (χ1v) is 11.5. The molecule has 2 aromatic rings. The monoisotopic (exact) mass is 413 g/mol. The molecule has 0 spiro atoms.